The molecule has 0 aromatic heterocycles. The van der Waals surface area contributed by atoms with Crippen LogP contribution in [0.2, 0.25) is 0 Å². The lowest BCUT2D eigenvalue weighted by Crippen LogP contribution is -2.55. The summed E-state index contributed by atoms with van der Waals surface area (Å²) in [6.45, 7) is 3.31. The van der Waals surface area contributed by atoms with Gasteiger partial charge in [0.25, 0.3) is 10.0 Å². The van der Waals surface area contributed by atoms with Gasteiger partial charge in [0.2, 0.25) is 11.8 Å². The van der Waals surface area contributed by atoms with Crippen molar-refractivity contribution >= 4 is 27.5 Å². The van der Waals surface area contributed by atoms with E-state index in [4.69, 9.17) is 0 Å². The highest BCUT2D eigenvalue weighted by molar-refractivity contribution is 7.92. The molecule has 1 aliphatic rings. The fourth-order valence-corrected chi connectivity index (χ4v) is 7.46. The van der Waals surface area contributed by atoms with Crippen LogP contribution in [0.15, 0.2) is 108 Å². The van der Waals surface area contributed by atoms with Gasteiger partial charge in [-0.3, -0.25) is 13.9 Å². The molecule has 0 heterocycles. The molecule has 9 heteroatoms. The number of nitrogens with one attached hydrogen (secondary N) is 1. The minimum Gasteiger partial charge on any atom is -0.352 e. The van der Waals surface area contributed by atoms with E-state index in [1.54, 1.807) is 12.1 Å². The maximum absolute atomic E-state index is 14.6. The van der Waals surface area contributed by atoms with Crippen molar-refractivity contribution in [1.82, 2.24) is 10.2 Å². The molecule has 1 atom stereocenters. The van der Waals surface area contributed by atoms with Crippen molar-refractivity contribution < 1.29 is 22.4 Å². The van der Waals surface area contributed by atoms with Gasteiger partial charge >= 0.3 is 0 Å². The number of carbonyl (C=O) groups is 2. The van der Waals surface area contributed by atoms with Crippen LogP contribution in [0.3, 0.4) is 0 Å². The van der Waals surface area contributed by atoms with E-state index in [9.17, 15) is 22.4 Å². The zero-order chi connectivity index (χ0) is 33.4. The van der Waals surface area contributed by atoms with Gasteiger partial charge in [-0.05, 0) is 79.8 Å². The van der Waals surface area contributed by atoms with E-state index in [2.05, 4.69) is 5.32 Å². The Morgan fingerprint density at radius 3 is 2.13 bits per heavy atom. The van der Waals surface area contributed by atoms with E-state index in [-0.39, 0.29) is 35.5 Å². The molecule has 7 nitrogen and oxygen atoms in total. The summed E-state index contributed by atoms with van der Waals surface area (Å²) < 4.78 is 43.3. The first kappa shape index (κ1) is 33.9. The minimum absolute atomic E-state index is 0.00144. The molecule has 4 aromatic carbocycles. The third-order valence-electron chi connectivity index (χ3n) is 8.83. The van der Waals surface area contributed by atoms with E-state index in [1.807, 2.05) is 68.4 Å². The van der Waals surface area contributed by atoms with Gasteiger partial charge < -0.3 is 10.2 Å². The predicted octanol–water partition coefficient (Wildman–Crippen LogP) is 6.73. The summed E-state index contributed by atoms with van der Waals surface area (Å²) in [5.74, 6) is -1.35. The average Bonchev–Trinajstić information content (AvgIpc) is 3.07. The van der Waals surface area contributed by atoms with Crippen LogP contribution in [-0.2, 0) is 32.6 Å². The molecule has 4 aromatic rings. The average molecular weight is 656 g/mol. The second kappa shape index (κ2) is 15.4. The normalized spacial score (nSPS) is 14.3. The second-order valence-corrected chi connectivity index (χ2v) is 14.2. The Bertz CT molecular complexity index is 1760. The highest BCUT2D eigenvalue weighted by Crippen LogP contribution is 2.26. The SMILES string of the molecule is Cc1ccc(S(=O)(=O)N(CC(=O)N(Cc2ccccc2C)C(Cc2ccccc2)C(=O)NC2CCCCC2)c2ccc(F)cc2)cc1. The molecular weight excluding hydrogens is 614 g/mol. The Morgan fingerprint density at radius 1 is 0.830 bits per heavy atom. The minimum atomic E-state index is -4.26. The molecule has 246 valence electrons. The number of sulfonamides is 1. The number of halogens is 1. The lowest BCUT2D eigenvalue weighted by atomic mass is 9.94. The quantitative estimate of drug-likeness (QED) is 0.184. The van der Waals surface area contributed by atoms with Gasteiger partial charge in [0, 0.05) is 19.0 Å². The third kappa shape index (κ3) is 8.65. The Morgan fingerprint density at radius 2 is 1.47 bits per heavy atom. The van der Waals surface area contributed by atoms with Crippen LogP contribution in [0.4, 0.5) is 10.1 Å². The molecule has 5 rings (SSSR count). The molecule has 1 fully saturated rings. The van der Waals surface area contributed by atoms with E-state index in [0.717, 1.165) is 58.7 Å². The van der Waals surface area contributed by atoms with Crippen molar-refractivity contribution in [2.45, 2.75) is 75.9 Å². The van der Waals surface area contributed by atoms with Crippen molar-refractivity contribution in [3.8, 4) is 0 Å². The molecule has 1 aliphatic carbocycles. The first-order valence-electron chi connectivity index (χ1n) is 16.1. The highest BCUT2D eigenvalue weighted by atomic mass is 32.2. The van der Waals surface area contributed by atoms with Crippen molar-refractivity contribution in [3.05, 3.63) is 131 Å². The summed E-state index contributed by atoms with van der Waals surface area (Å²) in [4.78, 5) is 30.3. The zero-order valence-corrected chi connectivity index (χ0v) is 27.8. The number of hydrogen-bond acceptors (Lipinski definition) is 4. The Hall–Kier alpha value is -4.50. The Kier molecular flexibility index (Phi) is 11.1. The van der Waals surface area contributed by atoms with Gasteiger partial charge in [-0.15, -0.1) is 0 Å². The van der Waals surface area contributed by atoms with Crippen LogP contribution >= 0.6 is 0 Å². The van der Waals surface area contributed by atoms with Crippen molar-refractivity contribution in [3.63, 3.8) is 0 Å². The molecule has 1 saturated carbocycles. The standard InChI is InChI=1S/C38H42FN3O4S/c1-28-17-23-35(24-18-28)47(45,46)42(34-21-19-32(39)20-22-34)27-37(43)41(26-31-14-10-9-11-29(31)2)36(25-30-12-5-3-6-13-30)38(44)40-33-15-7-4-8-16-33/h3,5-6,9-14,17-24,33,36H,4,7-8,15-16,25-27H2,1-2H3,(H,40,44). The van der Waals surface area contributed by atoms with Gasteiger partial charge in [-0.25, -0.2) is 12.8 Å². The summed E-state index contributed by atoms with van der Waals surface area (Å²) >= 11 is 0. The van der Waals surface area contributed by atoms with Crippen LogP contribution in [0.5, 0.6) is 0 Å². The van der Waals surface area contributed by atoms with Crippen LogP contribution in [0.1, 0.15) is 54.4 Å². The van der Waals surface area contributed by atoms with E-state index in [1.165, 1.54) is 41.3 Å². The molecule has 47 heavy (non-hydrogen) atoms. The molecule has 1 N–H and O–H groups in total. The summed E-state index contributed by atoms with van der Waals surface area (Å²) in [6.07, 6.45) is 5.20. The summed E-state index contributed by atoms with van der Waals surface area (Å²) in [6, 6.07) is 27.7. The first-order valence-corrected chi connectivity index (χ1v) is 17.6. The predicted molar refractivity (Wildman–Crippen MR) is 183 cm³/mol. The maximum atomic E-state index is 14.6. The van der Waals surface area contributed by atoms with Crippen LogP contribution in [0.25, 0.3) is 0 Å². The Balaban J connectivity index is 1.56. The maximum Gasteiger partial charge on any atom is 0.264 e. The summed E-state index contributed by atoms with van der Waals surface area (Å²) in [7, 11) is -4.26. The van der Waals surface area contributed by atoms with Gasteiger partial charge in [0.05, 0.1) is 10.6 Å². The lowest BCUT2D eigenvalue weighted by molar-refractivity contribution is -0.140. The molecule has 0 bridgehead atoms. The topological polar surface area (TPSA) is 86.8 Å². The van der Waals surface area contributed by atoms with E-state index >= 15 is 0 Å². The van der Waals surface area contributed by atoms with E-state index < -0.39 is 34.3 Å². The van der Waals surface area contributed by atoms with Crippen molar-refractivity contribution in [1.29, 1.82) is 0 Å². The van der Waals surface area contributed by atoms with Gasteiger partial charge in [-0.2, -0.15) is 0 Å². The summed E-state index contributed by atoms with van der Waals surface area (Å²) in [5.41, 5.74) is 3.69. The largest absolute Gasteiger partial charge is 0.352 e. The van der Waals surface area contributed by atoms with Crippen LogP contribution in [0, 0.1) is 19.7 Å². The van der Waals surface area contributed by atoms with Crippen molar-refractivity contribution in [2.75, 3.05) is 10.8 Å². The van der Waals surface area contributed by atoms with Gasteiger partial charge in [-0.1, -0.05) is 91.6 Å². The lowest BCUT2D eigenvalue weighted by Gasteiger charge is -2.35. The molecule has 1 unspecified atom stereocenters. The molecule has 0 saturated heterocycles. The number of anilines is 1. The van der Waals surface area contributed by atoms with Gasteiger partial charge in [0.1, 0.15) is 18.4 Å². The molecule has 0 radical (unpaired) electrons. The molecular formula is C38H42FN3O4S. The smallest absolute Gasteiger partial charge is 0.264 e. The fourth-order valence-electron chi connectivity index (χ4n) is 6.04. The fraction of sp³-hybridized carbons (Fsp3) is 0.316. The number of benzene rings is 4. The number of rotatable bonds is 12. The number of aryl methyl sites for hydroxylation is 2. The molecule has 0 aliphatic heterocycles. The number of amides is 2. The monoisotopic (exact) mass is 655 g/mol. The number of carbonyl (C=O) groups excluding carboxylic acids is 2. The Labute approximate surface area is 277 Å². The molecule has 0 spiro atoms. The third-order valence-corrected chi connectivity index (χ3v) is 10.6. The van der Waals surface area contributed by atoms with Gasteiger partial charge in [0.15, 0.2) is 0 Å². The first-order chi connectivity index (χ1) is 22.6. The zero-order valence-electron chi connectivity index (χ0n) is 26.9. The number of hydrogen-bond donors (Lipinski definition) is 1. The van der Waals surface area contributed by atoms with Crippen LogP contribution in [-0.4, -0.2) is 43.8 Å². The van der Waals surface area contributed by atoms with E-state index in [0.29, 0.717) is 0 Å². The molecule has 2 amide bonds. The highest BCUT2D eigenvalue weighted by Gasteiger charge is 2.35. The number of nitrogens with zero attached hydrogens (tertiary/aromatic N) is 2. The van der Waals surface area contributed by atoms with Crippen LogP contribution < -0.4 is 9.62 Å². The van der Waals surface area contributed by atoms with Crippen molar-refractivity contribution in [2.24, 2.45) is 0 Å². The second-order valence-electron chi connectivity index (χ2n) is 12.3. The summed E-state index contributed by atoms with van der Waals surface area (Å²) in [5, 5.41) is 3.22.